The summed E-state index contributed by atoms with van der Waals surface area (Å²) in [5.74, 6) is 1.35. The van der Waals surface area contributed by atoms with E-state index in [9.17, 15) is 9.59 Å². The van der Waals surface area contributed by atoms with Crippen LogP contribution >= 0.6 is 0 Å². The Labute approximate surface area is 174 Å². The fourth-order valence-electron chi connectivity index (χ4n) is 4.15. The van der Waals surface area contributed by atoms with Crippen LogP contribution in [0, 0.1) is 0 Å². The number of carbonyl (C=O) groups excluding carboxylic acids is 2. The fraction of sp³-hybridized carbons (Fsp3) is 0.304. The maximum Gasteiger partial charge on any atom is 0.339 e. The van der Waals surface area contributed by atoms with Gasteiger partial charge in [-0.2, -0.15) is 0 Å². The molecule has 30 heavy (non-hydrogen) atoms. The minimum atomic E-state index is -0.542. The predicted octanol–water partition coefficient (Wildman–Crippen LogP) is 3.91. The molecule has 3 aromatic rings. The van der Waals surface area contributed by atoms with Crippen LogP contribution in [0.15, 0.2) is 48.5 Å². The van der Waals surface area contributed by atoms with Crippen molar-refractivity contribution >= 4 is 17.6 Å². The number of nitrogens with one attached hydrogen (secondary N) is 1. The van der Waals surface area contributed by atoms with Gasteiger partial charge in [-0.3, -0.25) is 4.79 Å². The van der Waals surface area contributed by atoms with Crippen LogP contribution in [0.3, 0.4) is 0 Å². The summed E-state index contributed by atoms with van der Waals surface area (Å²) in [6.07, 6.45) is 4.02. The van der Waals surface area contributed by atoms with E-state index >= 15 is 0 Å². The van der Waals surface area contributed by atoms with E-state index in [0.717, 1.165) is 48.6 Å². The molecule has 0 saturated heterocycles. The largest absolute Gasteiger partial charge is 0.453 e. The van der Waals surface area contributed by atoms with Gasteiger partial charge < -0.3 is 14.6 Å². The van der Waals surface area contributed by atoms with E-state index in [1.54, 1.807) is 12.1 Å². The Hall–Kier alpha value is -3.48. The molecule has 0 radical (unpaired) electrons. The number of aromatic nitrogens is 3. The molecular formula is C23H22N4O3. The van der Waals surface area contributed by atoms with Gasteiger partial charge in [-0.05, 0) is 43.2 Å². The average Bonchev–Trinajstić information content (AvgIpc) is 3.20. The average molecular weight is 402 g/mol. The van der Waals surface area contributed by atoms with Crippen LogP contribution in [-0.2, 0) is 22.5 Å². The molecule has 2 aromatic carbocycles. The summed E-state index contributed by atoms with van der Waals surface area (Å²) in [5.41, 5.74) is 2.97. The number of amides is 1. The molecule has 7 heteroatoms. The zero-order chi connectivity index (χ0) is 20.5. The summed E-state index contributed by atoms with van der Waals surface area (Å²) >= 11 is 0. The van der Waals surface area contributed by atoms with Crippen LogP contribution in [-0.4, -0.2) is 26.6 Å². The predicted molar refractivity (Wildman–Crippen MR) is 111 cm³/mol. The normalized spacial score (nSPS) is 17.6. The lowest BCUT2D eigenvalue weighted by molar-refractivity contribution is -0.118. The van der Waals surface area contributed by atoms with Crippen molar-refractivity contribution in [3.63, 3.8) is 0 Å². The Morgan fingerprint density at radius 2 is 1.90 bits per heavy atom. The topological polar surface area (TPSA) is 86.1 Å². The quantitative estimate of drug-likeness (QED) is 0.669. The molecule has 0 saturated carbocycles. The first-order valence-corrected chi connectivity index (χ1v) is 10.3. The number of fused-ring (bicyclic) bond motifs is 2. The molecule has 1 N–H and O–H groups in total. The molecule has 0 spiro atoms. The number of cyclic esters (lactones) is 1. The lowest BCUT2D eigenvalue weighted by Crippen LogP contribution is -2.15. The van der Waals surface area contributed by atoms with Gasteiger partial charge in [-0.15, -0.1) is 10.2 Å². The summed E-state index contributed by atoms with van der Waals surface area (Å²) in [4.78, 5) is 24.4. The molecule has 0 fully saturated rings. The molecule has 3 heterocycles. The minimum Gasteiger partial charge on any atom is -0.453 e. The monoisotopic (exact) mass is 402 g/mol. The van der Waals surface area contributed by atoms with Crippen LogP contribution in [0.4, 0.5) is 5.69 Å². The maximum atomic E-state index is 12.5. The molecule has 1 aromatic heterocycles. The first-order chi connectivity index (χ1) is 14.7. The van der Waals surface area contributed by atoms with Crippen LogP contribution in [0.5, 0.6) is 0 Å². The third-order valence-electron chi connectivity index (χ3n) is 5.68. The fourth-order valence-corrected chi connectivity index (χ4v) is 4.15. The van der Waals surface area contributed by atoms with E-state index in [-0.39, 0.29) is 18.3 Å². The molecule has 0 unspecified atom stereocenters. The van der Waals surface area contributed by atoms with Crippen molar-refractivity contribution in [2.75, 3.05) is 5.32 Å². The minimum absolute atomic E-state index is 0.0855. The number of hydrogen-bond donors (Lipinski definition) is 1. The standard InChI is InChI=1S/C23H22N4O3/c28-21(14-19-17-6-3-4-7-18(17)23(29)30-19)24-16-11-9-15(10-12-16)22-26-25-20-8-2-1-5-13-27(20)22/h3-4,6-7,9-12,19H,1-2,5,8,13-14H2,(H,24,28)/t19-/m0/s1. The number of rotatable bonds is 4. The van der Waals surface area contributed by atoms with Gasteiger partial charge in [0.2, 0.25) is 5.91 Å². The Balaban J connectivity index is 1.26. The zero-order valence-electron chi connectivity index (χ0n) is 16.5. The lowest BCUT2D eigenvalue weighted by Gasteiger charge is -2.12. The second-order valence-corrected chi connectivity index (χ2v) is 7.71. The summed E-state index contributed by atoms with van der Waals surface area (Å²) in [5, 5.41) is 11.6. The Morgan fingerprint density at radius 1 is 1.07 bits per heavy atom. The van der Waals surface area contributed by atoms with E-state index in [1.807, 2.05) is 36.4 Å². The van der Waals surface area contributed by atoms with Crippen LogP contribution in [0.2, 0.25) is 0 Å². The molecule has 2 aliphatic rings. The first-order valence-electron chi connectivity index (χ1n) is 10.3. The van der Waals surface area contributed by atoms with Crippen molar-refractivity contribution in [2.24, 2.45) is 0 Å². The molecule has 0 bridgehead atoms. The smallest absolute Gasteiger partial charge is 0.339 e. The SMILES string of the molecule is O=C(C[C@@H]1OC(=O)c2ccccc21)Nc1ccc(-c2nnc3n2CCCCC3)cc1. The number of hydrogen-bond acceptors (Lipinski definition) is 5. The third-order valence-corrected chi connectivity index (χ3v) is 5.68. The molecule has 7 nitrogen and oxygen atoms in total. The number of carbonyl (C=O) groups is 2. The van der Waals surface area contributed by atoms with Gasteiger partial charge in [0.1, 0.15) is 11.9 Å². The van der Waals surface area contributed by atoms with Gasteiger partial charge in [0, 0.05) is 29.8 Å². The highest BCUT2D eigenvalue weighted by molar-refractivity contribution is 5.96. The van der Waals surface area contributed by atoms with Gasteiger partial charge >= 0.3 is 5.97 Å². The summed E-state index contributed by atoms with van der Waals surface area (Å²) in [6, 6.07) is 14.8. The van der Waals surface area contributed by atoms with Crippen molar-refractivity contribution in [1.82, 2.24) is 14.8 Å². The van der Waals surface area contributed by atoms with Gasteiger partial charge in [0.05, 0.1) is 12.0 Å². The zero-order valence-corrected chi connectivity index (χ0v) is 16.5. The van der Waals surface area contributed by atoms with Crippen molar-refractivity contribution in [3.8, 4) is 11.4 Å². The lowest BCUT2D eigenvalue weighted by atomic mass is 10.0. The van der Waals surface area contributed by atoms with Gasteiger partial charge in [0.15, 0.2) is 5.82 Å². The van der Waals surface area contributed by atoms with Crippen molar-refractivity contribution < 1.29 is 14.3 Å². The highest BCUT2D eigenvalue weighted by atomic mass is 16.5. The number of esters is 1. The summed E-state index contributed by atoms with van der Waals surface area (Å²) in [6.45, 7) is 0.942. The molecule has 1 atom stereocenters. The second-order valence-electron chi connectivity index (χ2n) is 7.71. The number of benzene rings is 2. The molecule has 1 amide bonds. The number of nitrogens with zero attached hydrogens (tertiary/aromatic N) is 3. The van der Waals surface area contributed by atoms with E-state index < -0.39 is 6.10 Å². The Bertz CT molecular complexity index is 1100. The van der Waals surface area contributed by atoms with Gasteiger partial charge in [-0.1, -0.05) is 24.6 Å². The van der Waals surface area contributed by atoms with Gasteiger partial charge in [0.25, 0.3) is 0 Å². The Kier molecular flexibility index (Phi) is 4.78. The highest BCUT2D eigenvalue weighted by Crippen LogP contribution is 2.33. The summed E-state index contributed by atoms with van der Waals surface area (Å²) in [7, 11) is 0. The molecule has 152 valence electrons. The van der Waals surface area contributed by atoms with E-state index in [1.165, 1.54) is 6.42 Å². The molecule has 0 aliphatic carbocycles. The molecule has 2 aliphatic heterocycles. The van der Waals surface area contributed by atoms with Crippen LogP contribution in [0.1, 0.15) is 53.5 Å². The van der Waals surface area contributed by atoms with Crippen LogP contribution in [0.25, 0.3) is 11.4 Å². The Morgan fingerprint density at radius 3 is 2.77 bits per heavy atom. The van der Waals surface area contributed by atoms with E-state index in [4.69, 9.17) is 4.74 Å². The van der Waals surface area contributed by atoms with Gasteiger partial charge in [-0.25, -0.2) is 4.79 Å². The summed E-state index contributed by atoms with van der Waals surface area (Å²) < 4.78 is 7.55. The van der Waals surface area contributed by atoms with E-state index in [0.29, 0.717) is 11.3 Å². The molecule has 5 rings (SSSR count). The highest BCUT2D eigenvalue weighted by Gasteiger charge is 2.32. The number of ether oxygens (including phenoxy) is 1. The van der Waals surface area contributed by atoms with E-state index in [2.05, 4.69) is 20.1 Å². The molecular weight excluding hydrogens is 380 g/mol. The third kappa shape index (κ3) is 3.47. The van der Waals surface area contributed by atoms with Crippen molar-refractivity contribution in [1.29, 1.82) is 0 Å². The maximum absolute atomic E-state index is 12.5. The second kappa shape index (κ2) is 7.74. The first kappa shape index (κ1) is 18.5. The number of anilines is 1. The van der Waals surface area contributed by atoms with Crippen LogP contribution < -0.4 is 5.32 Å². The number of aryl methyl sites for hydroxylation is 1. The van der Waals surface area contributed by atoms with Crippen molar-refractivity contribution in [2.45, 2.75) is 44.8 Å². The van der Waals surface area contributed by atoms with Crippen molar-refractivity contribution in [3.05, 3.63) is 65.5 Å².